The van der Waals surface area contributed by atoms with E-state index in [9.17, 15) is 14.4 Å². The van der Waals surface area contributed by atoms with Crippen LogP contribution in [-0.4, -0.2) is 49.4 Å². The standard InChI is InChI=1S/C29H32N2O5/c1-21-9-6-7-12-24(21)29(20-27(33)31(28(29)34)16-18-35-2)19-26(32)30-15-14-23(25-13-8-17-36-25)22-10-4-3-5-11-22/h3-13,17,23H,14-16,18-20H2,1-2H3,(H,30,32). The third-order valence-electron chi connectivity index (χ3n) is 6.89. The van der Waals surface area contributed by atoms with Gasteiger partial charge in [0, 0.05) is 32.4 Å². The van der Waals surface area contributed by atoms with Gasteiger partial charge in [0.05, 0.1) is 24.8 Å². The third-order valence-corrected chi connectivity index (χ3v) is 6.89. The number of carbonyl (C=O) groups is 3. The van der Waals surface area contributed by atoms with Gasteiger partial charge in [-0.15, -0.1) is 0 Å². The van der Waals surface area contributed by atoms with E-state index in [-0.39, 0.29) is 49.6 Å². The topological polar surface area (TPSA) is 88.8 Å². The average Bonchev–Trinajstić information content (AvgIpc) is 3.49. The molecule has 1 N–H and O–H groups in total. The van der Waals surface area contributed by atoms with Crippen LogP contribution in [0.4, 0.5) is 0 Å². The second-order valence-electron chi connectivity index (χ2n) is 9.21. The highest BCUT2D eigenvalue weighted by atomic mass is 16.5. The fourth-order valence-electron chi connectivity index (χ4n) is 5.10. The van der Waals surface area contributed by atoms with Gasteiger partial charge in [-0.05, 0) is 42.2 Å². The first-order valence-electron chi connectivity index (χ1n) is 12.2. The van der Waals surface area contributed by atoms with Crippen LogP contribution in [0.5, 0.6) is 0 Å². The number of imide groups is 1. The zero-order valence-electron chi connectivity index (χ0n) is 20.7. The highest BCUT2D eigenvalue weighted by molar-refractivity contribution is 6.11. The number of amides is 3. The lowest BCUT2D eigenvalue weighted by Gasteiger charge is -2.28. The Balaban J connectivity index is 1.50. The molecule has 0 saturated carbocycles. The SMILES string of the molecule is COCCN1C(=O)CC(CC(=O)NCCC(c2ccccc2)c2ccco2)(c2ccccc2C)C1=O. The summed E-state index contributed by atoms with van der Waals surface area (Å²) in [5.74, 6) is -0.0655. The van der Waals surface area contributed by atoms with Gasteiger partial charge in [0.1, 0.15) is 5.76 Å². The maximum Gasteiger partial charge on any atom is 0.240 e. The van der Waals surface area contributed by atoms with E-state index in [0.29, 0.717) is 13.0 Å². The minimum Gasteiger partial charge on any atom is -0.469 e. The molecule has 7 heteroatoms. The van der Waals surface area contributed by atoms with Crippen molar-refractivity contribution in [2.75, 3.05) is 26.8 Å². The van der Waals surface area contributed by atoms with Crippen molar-refractivity contribution in [1.82, 2.24) is 10.2 Å². The summed E-state index contributed by atoms with van der Waals surface area (Å²) in [6, 6.07) is 21.3. The molecule has 2 heterocycles. The highest BCUT2D eigenvalue weighted by Gasteiger charge is 2.54. The molecule has 2 atom stereocenters. The van der Waals surface area contributed by atoms with Crippen molar-refractivity contribution >= 4 is 17.7 Å². The summed E-state index contributed by atoms with van der Waals surface area (Å²) in [6.45, 7) is 2.73. The number of hydrogen-bond acceptors (Lipinski definition) is 5. The summed E-state index contributed by atoms with van der Waals surface area (Å²) in [5, 5.41) is 2.99. The van der Waals surface area contributed by atoms with Crippen molar-refractivity contribution in [1.29, 1.82) is 0 Å². The van der Waals surface area contributed by atoms with E-state index in [0.717, 1.165) is 22.5 Å². The summed E-state index contributed by atoms with van der Waals surface area (Å²) in [5.41, 5.74) is 1.47. The molecule has 188 valence electrons. The lowest BCUT2D eigenvalue weighted by Crippen LogP contribution is -2.43. The van der Waals surface area contributed by atoms with Crippen LogP contribution in [0, 0.1) is 6.92 Å². The van der Waals surface area contributed by atoms with Crippen molar-refractivity contribution in [3.05, 3.63) is 95.4 Å². The normalized spacial score (nSPS) is 18.4. The third kappa shape index (κ3) is 5.26. The quantitative estimate of drug-likeness (QED) is 0.413. The summed E-state index contributed by atoms with van der Waals surface area (Å²) in [7, 11) is 1.53. The molecule has 0 bridgehead atoms. The Morgan fingerprint density at radius 3 is 2.53 bits per heavy atom. The molecule has 1 aliphatic heterocycles. The number of furan rings is 1. The molecule has 0 radical (unpaired) electrons. The summed E-state index contributed by atoms with van der Waals surface area (Å²) < 4.78 is 10.8. The van der Waals surface area contributed by atoms with Crippen LogP contribution < -0.4 is 5.32 Å². The maximum atomic E-state index is 13.6. The van der Waals surface area contributed by atoms with Crippen LogP contribution in [-0.2, 0) is 24.5 Å². The second kappa shape index (κ2) is 11.4. The smallest absolute Gasteiger partial charge is 0.240 e. The number of methoxy groups -OCH3 is 1. The van der Waals surface area contributed by atoms with Crippen molar-refractivity contribution in [2.45, 2.75) is 37.5 Å². The molecule has 1 aromatic heterocycles. The molecular weight excluding hydrogens is 456 g/mol. The molecule has 0 spiro atoms. The fraction of sp³-hybridized carbons (Fsp3) is 0.345. The number of aryl methyl sites for hydroxylation is 1. The molecule has 3 aromatic rings. The number of rotatable bonds is 11. The number of likely N-dealkylation sites (tertiary alicyclic amines) is 1. The van der Waals surface area contributed by atoms with Crippen LogP contribution >= 0.6 is 0 Å². The van der Waals surface area contributed by atoms with Crippen molar-refractivity contribution in [2.24, 2.45) is 0 Å². The van der Waals surface area contributed by atoms with E-state index < -0.39 is 5.41 Å². The first-order chi connectivity index (χ1) is 17.5. The molecule has 1 saturated heterocycles. The van der Waals surface area contributed by atoms with Crippen LogP contribution in [0.1, 0.15) is 47.6 Å². The van der Waals surface area contributed by atoms with Crippen molar-refractivity contribution in [3.63, 3.8) is 0 Å². The molecule has 4 rings (SSSR count). The number of hydrogen-bond donors (Lipinski definition) is 1. The first-order valence-corrected chi connectivity index (χ1v) is 12.2. The molecule has 1 fully saturated rings. The molecular formula is C29H32N2O5. The van der Waals surface area contributed by atoms with Crippen LogP contribution in [0.25, 0.3) is 0 Å². The Kier molecular flexibility index (Phi) is 8.00. The first kappa shape index (κ1) is 25.4. The number of nitrogens with one attached hydrogen (secondary N) is 1. The second-order valence-corrected chi connectivity index (χ2v) is 9.21. The number of benzene rings is 2. The molecule has 3 amide bonds. The van der Waals surface area contributed by atoms with Gasteiger partial charge in [0.2, 0.25) is 17.7 Å². The van der Waals surface area contributed by atoms with E-state index in [2.05, 4.69) is 5.32 Å². The van der Waals surface area contributed by atoms with Gasteiger partial charge < -0.3 is 14.5 Å². The largest absolute Gasteiger partial charge is 0.469 e. The van der Waals surface area contributed by atoms with Gasteiger partial charge >= 0.3 is 0 Å². The zero-order valence-corrected chi connectivity index (χ0v) is 20.7. The molecule has 1 aliphatic rings. The highest BCUT2D eigenvalue weighted by Crippen LogP contribution is 2.41. The minimum atomic E-state index is -1.22. The Morgan fingerprint density at radius 1 is 1.08 bits per heavy atom. The van der Waals surface area contributed by atoms with Gasteiger partial charge in [0.15, 0.2) is 0 Å². The summed E-state index contributed by atoms with van der Waals surface area (Å²) in [6.07, 6.45) is 2.15. The molecule has 7 nitrogen and oxygen atoms in total. The predicted molar refractivity (Wildman–Crippen MR) is 135 cm³/mol. The minimum absolute atomic E-state index is 0.00828. The van der Waals surface area contributed by atoms with Gasteiger partial charge in [-0.3, -0.25) is 19.3 Å². The molecule has 0 aliphatic carbocycles. The maximum absolute atomic E-state index is 13.6. The lowest BCUT2D eigenvalue weighted by molar-refractivity contribution is -0.141. The Hall–Kier alpha value is -3.71. The Morgan fingerprint density at radius 2 is 1.83 bits per heavy atom. The average molecular weight is 489 g/mol. The van der Waals surface area contributed by atoms with Gasteiger partial charge in [-0.25, -0.2) is 0 Å². The van der Waals surface area contributed by atoms with Gasteiger partial charge in [0.25, 0.3) is 0 Å². The number of carbonyl (C=O) groups excluding carboxylic acids is 3. The monoisotopic (exact) mass is 488 g/mol. The van der Waals surface area contributed by atoms with E-state index in [4.69, 9.17) is 9.15 Å². The summed E-state index contributed by atoms with van der Waals surface area (Å²) >= 11 is 0. The van der Waals surface area contributed by atoms with Crippen LogP contribution in [0.15, 0.2) is 77.4 Å². The molecule has 36 heavy (non-hydrogen) atoms. The van der Waals surface area contributed by atoms with Gasteiger partial charge in [-0.1, -0.05) is 54.6 Å². The Labute approximate surface area is 211 Å². The fourth-order valence-corrected chi connectivity index (χ4v) is 5.10. The number of nitrogens with zero attached hydrogens (tertiary/aromatic N) is 1. The van der Waals surface area contributed by atoms with Crippen LogP contribution in [0.2, 0.25) is 0 Å². The van der Waals surface area contributed by atoms with Crippen molar-refractivity contribution in [3.8, 4) is 0 Å². The van der Waals surface area contributed by atoms with Crippen LogP contribution in [0.3, 0.4) is 0 Å². The molecule has 2 unspecified atom stereocenters. The van der Waals surface area contributed by atoms with Crippen molar-refractivity contribution < 1.29 is 23.5 Å². The summed E-state index contributed by atoms with van der Waals surface area (Å²) in [4.78, 5) is 40.9. The van der Waals surface area contributed by atoms with E-state index in [1.807, 2.05) is 73.7 Å². The number of ether oxygens (including phenoxy) is 1. The van der Waals surface area contributed by atoms with E-state index in [1.165, 1.54) is 12.0 Å². The van der Waals surface area contributed by atoms with E-state index in [1.54, 1.807) is 6.26 Å². The molecule has 2 aromatic carbocycles. The van der Waals surface area contributed by atoms with Gasteiger partial charge in [-0.2, -0.15) is 0 Å². The zero-order chi connectivity index (χ0) is 25.5. The lowest BCUT2D eigenvalue weighted by atomic mass is 9.74. The van der Waals surface area contributed by atoms with E-state index >= 15 is 0 Å². The Bertz CT molecular complexity index is 1190. The predicted octanol–water partition coefficient (Wildman–Crippen LogP) is 3.96.